The third kappa shape index (κ3) is 3.27. The van der Waals surface area contributed by atoms with Gasteiger partial charge in [0.15, 0.2) is 0 Å². The van der Waals surface area contributed by atoms with E-state index in [-0.39, 0.29) is 0 Å². The molecule has 11 heavy (non-hydrogen) atoms. The second-order valence-electron chi connectivity index (χ2n) is 3.81. The molecule has 0 aliphatic heterocycles. The molecule has 1 aliphatic rings. The highest BCUT2D eigenvalue weighted by Gasteiger charge is 2.35. The summed E-state index contributed by atoms with van der Waals surface area (Å²) < 4.78 is 0. The van der Waals surface area contributed by atoms with Crippen LogP contribution in [-0.2, 0) is 0 Å². The summed E-state index contributed by atoms with van der Waals surface area (Å²) in [5, 5.41) is 0. The van der Waals surface area contributed by atoms with Gasteiger partial charge in [0.1, 0.15) is 0 Å². The van der Waals surface area contributed by atoms with Gasteiger partial charge in [-0.2, -0.15) is 0 Å². The van der Waals surface area contributed by atoms with Gasteiger partial charge in [0.05, 0.1) is 0 Å². The molecule has 1 rings (SSSR count). The van der Waals surface area contributed by atoms with E-state index in [1.165, 1.54) is 44.9 Å². The molecule has 1 unspecified atom stereocenters. The van der Waals surface area contributed by atoms with Crippen molar-refractivity contribution < 1.29 is 0 Å². The molecule has 0 saturated heterocycles. The number of unbranched alkanes of at least 4 members (excludes halogenated alkanes) is 2. The molecule has 0 bridgehead atoms. The minimum absolute atomic E-state index is 1.06. The van der Waals surface area contributed by atoms with Gasteiger partial charge in [-0.05, 0) is 31.1 Å². The smallest absolute Gasteiger partial charge is 0.0207 e. The number of hydrogen-bond acceptors (Lipinski definition) is 0. The second kappa shape index (κ2) is 4.79. The molecule has 65 valence electrons. The summed E-state index contributed by atoms with van der Waals surface area (Å²) in [7, 11) is 0. The average molecular weight is 153 g/mol. The standard InChI is InChI=1S/C11H21/c1-3-5-7-10-9-11(10)8-6-4-2/h10H,3-9H2,1-2H3. The Morgan fingerprint density at radius 1 is 1.18 bits per heavy atom. The second-order valence-corrected chi connectivity index (χ2v) is 3.81. The number of rotatable bonds is 6. The van der Waals surface area contributed by atoms with Crippen molar-refractivity contribution in [1.29, 1.82) is 0 Å². The first-order valence-electron chi connectivity index (χ1n) is 5.23. The van der Waals surface area contributed by atoms with Crippen molar-refractivity contribution in [2.45, 2.75) is 58.8 Å². The monoisotopic (exact) mass is 153 g/mol. The fourth-order valence-electron chi connectivity index (χ4n) is 1.72. The van der Waals surface area contributed by atoms with Gasteiger partial charge in [-0.3, -0.25) is 0 Å². The van der Waals surface area contributed by atoms with Crippen LogP contribution in [0.5, 0.6) is 0 Å². The molecule has 0 aromatic carbocycles. The normalized spacial score (nSPS) is 24.0. The van der Waals surface area contributed by atoms with Crippen LogP contribution in [0.2, 0.25) is 0 Å². The van der Waals surface area contributed by atoms with E-state index in [9.17, 15) is 0 Å². The fraction of sp³-hybridized carbons (Fsp3) is 0.909. The maximum absolute atomic E-state index is 2.29. The minimum Gasteiger partial charge on any atom is -0.0654 e. The Kier molecular flexibility index (Phi) is 3.96. The van der Waals surface area contributed by atoms with Crippen LogP contribution in [-0.4, -0.2) is 0 Å². The molecule has 1 saturated carbocycles. The molecule has 0 amide bonds. The van der Waals surface area contributed by atoms with Gasteiger partial charge in [-0.15, -0.1) is 0 Å². The first-order valence-corrected chi connectivity index (χ1v) is 5.23. The molecular formula is C11H21. The van der Waals surface area contributed by atoms with Crippen molar-refractivity contribution in [1.82, 2.24) is 0 Å². The highest BCUT2D eigenvalue weighted by Crippen LogP contribution is 2.47. The minimum atomic E-state index is 1.06. The topological polar surface area (TPSA) is 0 Å². The van der Waals surface area contributed by atoms with Crippen molar-refractivity contribution in [3.8, 4) is 0 Å². The molecule has 0 aromatic rings. The molecule has 1 aliphatic carbocycles. The zero-order valence-electron chi connectivity index (χ0n) is 8.03. The van der Waals surface area contributed by atoms with Crippen LogP contribution < -0.4 is 0 Å². The predicted octanol–water partition coefficient (Wildman–Crippen LogP) is 3.96. The first kappa shape index (κ1) is 9.09. The van der Waals surface area contributed by atoms with Gasteiger partial charge >= 0.3 is 0 Å². The highest BCUT2D eigenvalue weighted by molar-refractivity contribution is 5.13. The average Bonchev–Trinajstić information content (AvgIpc) is 2.76. The van der Waals surface area contributed by atoms with Crippen LogP contribution in [0.3, 0.4) is 0 Å². The van der Waals surface area contributed by atoms with E-state index in [2.05, 4.69) is 13.8 Å². The van der Waals surface area contributed by atoms with Crippen molar-refractivity contribution in [3.63, 3.8) is 0 Å². The van der Waals surface area contributed by atoms with E-state index in [1.807, 2.05) is 5.92 Å². The summed E-state index contributed by atoms with van der Waals surface area (Å²) >= 11 is 0. The van der Waals surface area contributed by atoms with Gasteiger partial charge < -0.3 is 0 Å². The first-order chi connectivity index (χ1) is 5.38. The Morgan fingerprint density at radius 3 is 2.55 bits per heavy atom. The lowest BCUT2D eigenvalue weighted by molar-refractivity contribution is 0.642. The molecule has 0 nitrogen and oxygen atoms in total. The Labute approximate surface area is 71.4 Å². The number of hydrogen-bond donors (Lipinski definition) is 0. The van der Waals surface area contributed by atoms with Gasteiger partial charge in [0.25, 0.3) is 0 Å². The quantitative estimate of drug-likeness (QED) is 0.542. The largest absolute Gasteiger partial charge is 0.0654 e. The van der Waals surface area contributed by atoms with Crippen molar-refractivity contribution in [3.05, 3.63) is 5.92 Å². The summed E-state index contributed by atoms with van der Waals surface area (Å²) in [6, 6.07) is 0. The summed E-state index contributed by atoms with van der Waals surface area (Å²) in [5.41, 5.74) is 0. The van der Waals surface area contributed by atoms with E-state index < -0.39 is 0 Å². The molecule has 1 atom stereocenters. The van der Waals surface area contributed by atoms with E-state index in [1.54, 1.807) is 0 Å². The summed E-state index contributed by atoms with van der Waals surface area (Å²) in [5.74, 6) is 2.93. The van der Waals surface area contributed by atoms with Crippen LogP contribution in [0, 0.1) is 11.8 Å². The molecular weight excluding hydrogens is 132 g/mol. The molecule has 1 radical (unpaired) electrons. The summed E-state index contributed by atoms with van der Waals surface area (Å²) in [6.45, 7) is 4.57. The van der Waals surface area contributed by atoms with Gasteiger partial charge in [-0.25, -0.2) is 0 Å². The van der Waals surface area contributed by atoms with Gasteiger partial charge in [0, 0.05) is 0 Å². The summed E-state index contributed by atoms with van der Waals surface area (Å²) in [4.78, 5) is 0. The maximum atomic E-state index is 2.29. The zero-order chi connectivity index (χ0) is 8.10. The third-order valence-electron chi connectivity index (χ3n) is 2.68. The maximum Gasteiger partial charge on any atom is -0.0207 e. The zero-order valence-corrected chi connectivity index (χ0v) is 8.03. The molecule has 0 spiro atoms. The van der Waals surface area contributed by atoms with Gasteiger partial charge in [0.2, 0.25) is 0 Å². The van der Waals surface area contributed by atoms with Crippen molar-refractivity contribution in [2.75, 3.05) is 0 Å². The van der Waals surface area contributed by atoms with E-state index in [0.29, 0.717) is 0 Å². The third-order valence-corrected chi connectivity index (χ3v) is 2.68. The van der Waals surface area contributed by atoms with E-state index in [0.717, 1.165) is 5.92 Å². The lowest BCUT2D eigenvalue weighted by Gasteiger charge is -1.96. The Morgan fingerprint density at radius 2 is 1.91 bits per heavy atom. The van der Waals surface area contributed by atoms with Crippen molar-refractivity contribution in [2.24, 2.45) is 5.92 Å². The molecule has 0 N–H and O–H groups in total. The van der Waals surface area contributed by atoms with Crippen LogP contribution in [0.1, 0.15) is 58.8 Å². The highest BCUT2D eigenvalue weighted by atomic mass is 14.4. The molecule has 0 heterocycles. The lowest BCUT2D eigenvalue weighted by atomic mass is 10.1. The van der Waals surface area contributed by atoms with Gasteiger partial charge in [-0.1, -0.05) is 39.5 Å². The Balaban J connectivity index is 1.89. The van der Waals surface area contributed by atoms with Crippen LogP contribution >= 0.6 is 0 Å². The Bertz CT molecular complexity index is 84.2. The van der Waals surface area contributed by atoms with Crippen LogP contribution in [0.25, 0.3) is 0 Å². The van der Waals surface area contributed by atoms with Crippen LogP contribution in [0.4, 0.5) is 0 Å². The summed E-state index contributed by atoms with van der Waals surface area (Å²) in [6.07, 6.45) is 10.0. The lowest BCUT2D eigenvalue weighted by Crippen LogP contribution is -1.81. The molecule has 1 fully saturated rings. The van der Waals surface area contributed by atoms with Crippen molar-refractivity contribution >= 4 is 0 Å². The van der Waals surface area contributed by atoms with E-state index in [4.69, 9.17) is 0 Å². The molecule has 0 heteroatoms. The van der Waals surface area contributed by atoms with Crippen LogP contribution in [0.15, 0.2) is 0 Å². The predicted molar refractivity (Wildman–Crippen MR) is 50.4 cm³/mol. The fourth-order valence-corrected chi connectivity index (χ4v) is 1.72. The molecule has 0 aromatic heterocycles. The SMILES string of the molecule is CCCC[C]1CC1CCCC. The van der Waals surface area contributed by atoms with E-state index >= 15 is 0 Å². The Hall–Kier alpha value is 0.